The molecule has 0 bridgehead atoms. The Hall–Kier alpha value is 0.310. The molecule has 2 heteroatoms. The van der Waals surface area contributed by atoms with Gasteiger partial charge in [-0.05, 0) is 30.6 Å². The zero-order valence-electron chi connectivity index (χ0n) is 6.47. The molecule has 0 aliphatic carbocycles. The Bertz CT molecular complexity index is 126. The number of rotatable bonds is 0. The Morgan fingerprint density at radius 3 is 3.20 bits per heavy atom. The maximum atomic E-state index is 3.61. The largest absolute Gasteiger partial charge is 0.313 e. The fraction of sp³-hybridized carbons (Fsp3) is 1.00. The normalized spacial score (nSPS) is 47.1. The Morgan fingerprint density at radius 1 is 1.40 bits per heavy atom. The molecule has 10 heavy (non-hydrogen) atoms. The van der Waals surface area contributed by atoms with Crippen molar-refractivity contribution in [2.45, 2.75) is 19.4 Å². The second-order valence-electron chi connectivity index (χ2n) is 3.65. The highest BCUT2D eigenvalue weighted by atomic mass is 32.2. The van der Waals surface area contributed by atoms with E-state index in [0.29, 0.717) is 0 Å². The summed E-state index contributed by atoms with van der Waals surface area (Å²) < 4.78 is 0. The second kappa shape index (κ2) is 2.74. The van der Waals surface area contributed by atoms with Gasteiger partial charge in [0.05, 0.1) is 0 Å². The minimum atomic E-state index is 0.862. The molecule has 3 unspecified atom stereocenters. The molecule has 2 aliphatic heterocycles. The standard InChI is InChI=1S/C8H15NS/c1-6-2-7-4-10-5-8(7)9-3-6/h6-9H,2-5H2,1H3. The Labute approximate surface area is 67.0 Å². The number of piperidine rings is 1. The van der Waals surface area contributed by atoms with Crippen LogP contribution in [0.1, 0.15) is 13.3 Å². The van der Waals surface area contributed by atoms with E-state index in [1.54, 1.807) is 0 Å². The molecule has 0 aromatic rings. The van der Waals surface area contributed by atoms with Crippen LogP contribution in [0.25, 0.3) is 0 Å². The SMILES string of the molecule is CC1CNC2CSCC2C1. The van der Waals surface area contributed by atoms with Crippen LogP contribution in [0.15, 0.2) is 0 Å². The number of hydrogen-bond acceptors (Lipinski definition) is 2. The van der Waals surface area contributed by atoms with Gasteiger partial charge in [-0.1, -0.05) is 6.92 Å². The third-order valence-electron chi connectivity index (χ3n) is 2.63. The monoisotopic (exact) mass is 157 g/mol. The van der Waals surface area contributed by atoms with E-state index in [1.807, 2.05) is 0 Å². The van der Waals surface area contributed by atoms with Gasteiger partial charge in [-0.15, -0.1) is 0 Å². The van der Waals surface area contributed by atoms with E-state index < -0.39 is 0 Å². The van der Waals surface area contributed by atoms with Crippen LogP contribution in [0.2, 0.25) is 0 Å². The van der Waals surface area contributed by atoms with Crippen LogP contribution < -0.4 is 5.32 Å². The molecule has 1 N–H and O–H groups in total. The van der Waals surface area contributed by atoms with Crippen LogP contribution in [0.3, 0.4) is 0 Å². The molecule has 2 fully saturated rings. The average molecular weight is 157 g/mol. The molecule has 1 nitrogen and oxygen atoms in total. The topological polar surface area (TPSA) is 12.0 Å². The Morgan fingerprint density at radius 2 is 2.30 bits per heavy atom. The van der Waals surface area contributed by atoms with Crippen molar-refractivity contribution in [2.75, 3.05) is 18.1 Å². The highest BCUT2D eigenvalue weighted by Gasteiger charge is 2.32. The first-order valence-electron chi connectivity index (χ1n) is 4.17. The van der Waals surface area contributed by atoms with Crippen LogP contribution in [0.5, 0.6) is 0 Å². The van der Waals surface area contributed by atoms with Gasteiger partial charge < -0.3 is 5.32 Å². The van der Waals surface area contributed by atoms with Crippen molar-refractivity contribution in [3.05, 3.63) is 0 Å². The third kappa shape index (κ3) is 1.19. The molecule has 0 spiro atoms. The van der Waals surface area contributed by atoms with E-state index in [4.69, 9.17) is 0 Å². The van der Waals surface area contributed by atoms with Crippen LogP contribution in [-0.4, -0.2) is 24.1 Å². The number of nitrogens with one attached hydrogen (secondary N) is 1. The maximum Gasteiger partial charge on any atom is 0.0194 e. The van der Waals surface area contributed by atoms with Gasteiger partial charge in [-0.25, -0.2) is 0 Å². The molecule has 0 aromatic carbocycles. The Balaban J connectivity index is 1.96. The van der Waals surface area contributed by atoms with E-state index >= 15 is 0 Å². The number of hydrogen-bond donors (Lipinski definition) is 1. The first kappa shape index (κ1) is 6.99. The van der Waals surface area contributed by atoms with Crippen molar-refractivity contribution in [2.24, 2.45) is 11.8 Å². The zero-order valence-corrected chi connectivity index (χ0v) is 7.29. The van der Waals surface area contributed by atoms with Gasteiger partial charge in [0.1, 0.15) is 0 Å². The van der Waals surface area contributed by atoms with E-state index in [9.17, 15) is 0 Å². The van der Waals surface area contributed by atoms with Crippen molar-refractivity contribution in [1.82, 2.24) is 5.32 Å². The first-order valence-corrected chi connectivity index (χ1v) is 5.33. The quantitative estimate of drug-likeness (QED) is 0.569. The third-order valence-corrected chi connectivity index (χ3v) is 3.89. The minimum absolute atomic E-state index is 0.862. The molecule has 0 aromatic heterocycles. The lowest BCUT2D eigenvalue weighted by atomic mass is 9.88. The first-order chi connectivity index (χ1) is 4.86. The van der Waals surface area contributed by atoms with Gasteiger partial charge in [0.2, 0.25) is 0 Å². The fourth-order valence-corrected chi connectivity index (χ4v) is 3.46. The van der Waals surface area contributed by atoms with E-state index in [0.717, 1.165) is 17.9 Å². The molecule has 0 saturated carbocycles. The van der Waals surface area contributed by atoms with Crippen LogP contribution in [-0.2, 0) is 0 Å². The average Bonchev–Trinajstić information content (AvgIpc) is 2.33. The molecule has 2 heterocycles. The second-order valence-corrected chi connectivity index (χ2v) is 4.73. The van der Waals surface area contributed by atoms with Crippen LogP contribution >= 0.6 is 11.8 Å². The smallest absolute Gasteiger partial charge is 0.0194 e. The van der Waals surface area contributed by atoms with Gasteiger partial charge in [-0.3, -0.25) is 0 Å². The summed E-state index contributed by atoms with van der Waals surface area (Å²) in [6.07, 6.45) is 1.46. The molecular weight excluding hydrogens is 142 g/mol. The van der Waals surface area contributed by atoms with Crippen molar-refractivity contribution in [3.8, 4) is 0 Å². The summed E-state index contributed by atoms with van der Waals surface area (Å²) in [6, 6.07) is 0.862. The summed E-state index contributed by atoms with van der Waals surface area (Å²) in [5, 5.41) is 3.61. The number of thioether (sulfide) groups is 1. The maximum absolute atomic E-state index is 3.61. The molecule has 2 rings (SSSR count). The van der Waals surface area contributed by atoms with Crippen molar-refractivity contribution in [1.29, 1.82) is 0 Å². The molecule has 0 radical (unpaired) electrons. The van der Waals surface area contributed by atoms with Gasteiger partial charge >= 0.3 is 0 Å². The summed E-state index contributed by atoms with van der Waals surface area (Å²) in [6.45, 7) is 3.61. The lowest BCUT2D eigenvalue weighted by molar-refractivity contribution is 0.273. The highest BCUT2D eigenvalue weighted by molar-refractivity contribution is 7.99. The van der Waals surface area contributed by atoms with Crippen molar-refractivity contribution in [3.63, 3.8) is 0 Å². The molecule has 2 aliphatic rings. The lowest BCUT2D eigenvalue weighted by Crippen LogP contribution is -2.43. The summed E-state index contributed by atoms with van der Waals surface area (Å²) in [5.74, 6) is 4.67. The van der Waals surface area contributed by atoms with Crippen molar-refractivity contribution >= 4 is 11.8 Å². The van der Waals surface area contributed by atoms with E-state index in [2.05, 4.69) is 24.0 Å². The zero-order chi connectivity index (χ0) is 6.97. The van der Waals surface area contributed by atoms with Gasteiger partial charge in [0, 0.05) is 11.8 Å². The van der Waals surface area contributed by atoms with Gasteiger partial charge in [0.25, 0.3) is 0 Å². The molecule has 0 amide bonds. The fourth-order valence-electron chi connectivity index (χ4n) is 2.01. The summed E-state index contributed by atoms with van der Waals surface area (Å²) in [7, 11) is 0. The summed E-state index contributed by atoms with van der Waals surface area (Å²) >= 11 is 2.12. The van der Waals surface area contributed by atoms with Gasteiger partial charge in [0.15, 0.2) is 0 Å². The predicted molar refractivity (Wildman–Crippen MR) is 46.4 cm³/mol. The van der Waals surface area contributed by atoms with Gasteiger partial charge in [-0.2, -0.15) is 11.8 Å². The molecule has 2 saturated heterocycles. The Kier molecular flexibility index (Phi) is 1.92. The van der Waals surface area contributed by atoms with E-state index in [1.165, 1.54) is 24.5 Å². The highest BCUT2D eigenvalue weighted by Crippen LogP contribution is 2.32. The molecule has 58 valence electrons. The molecule has 3 atom stereocenters. The lowest BCUT2D eigenvalue weighted by Gasteiger charge is -2.30. The van der Waals surface area contributed by atoms with Crippen molar-refractivity contribution < 1.29 is 0 Å². The summed E-state index contributed by atoms with van der Waals surface area (Å²) in [5.41, 5.74) is 0. The van der Waals surface area contributed by atoms with E-state index in [-0.39, 0.29) is 0 Å². The van der Waals surface area contributed by atoms with Crippen LogP contribution in [0, 0.1) is 11.8 Å². The van der Waals surface area contributed by atoms with Crippen LogP contribution in [0.4, 0.5) is 0 Å². The number of fused-ring (bicyclic) bond motifs is 1. The molecular formula is C8H15NS. The predicted octanol–water partition coefficient (Wildman–Crippen LogP) is 1.35. The summed E-state index contributed by atoms with van der Waals surface area (Å²) in [4.78, 5) is 0. The minimum Gasteiger partial charge on any atom is -0.313 e.